The van der Waals surface area contributed by atoms with E-state index in [1.165, 1.54) is 32.3 Å². The number of furan rings is 1. The monoisotopic (exact) mass is 394 g/mol. The molecule has 7 aromatic rings. The first kappa shape index (κ1) is 16.7. The summed E-state index contributed by atoms with van der Waals surface area (Å²) >= 11 is 0. The van der Waals surface area contributed by atoms with Gasteiger partial charge in [0.15, 0.2) is 0 Å². The molecule has 0 amide bonds. The Morgan fingerprint density at radius 2 is 1.00 bits per heavy atom. The van der Waals surface area contributed by atoms with Gasteiger partial charge in [0.05, 0.1) is 0 Å². The predicted molar refractivity (Wildman–Crippen MR) is 131 cm³/mol. The fourth-order valence-electron chi connectivity index (χ4n) is 5.03. The number of rotatable bonds is 2. The Bertz CT molecular complexity index is 1700. The summed E-state index contributed by atoms with van der Waals surface area (Å²) in [5.41, 5.74) is 2.24. The summed E-state index contributed by atoms with van der Waals surface area (Å²) in [7, 11) is 0. The van der Waals surface area contributed by atoms with Gasteiger partial charge in [-0.05, 0) is 38.4 Å². The Kier molecular flexibility index (Phi) is 3.33. The Morgan fingerprint density at radius 3 is 1.77 bits per heavy atom. The summed E-state index contributed by atoms with van der Waals surface area (Å²) in [6.07, 6.45) is 0. The van der Waals surface area contributed by atoms with Gasteiger partial charge in [-0.1, -0.05) is 103 Å². The second kappa shape index (κ2) is 6.20. The maximum absolute atomic E-state index is 6.63. The lowest BCUT2D eigenvalue weighted by molar-refractivity contribution is 0.602. The summed E-state index contributed by atoms with van der Waals surface area (Å²) < 4.78 is 6.63. The van der Waals surface area contributed by atoms with Crippen molar-refractivity contribution in [3.05, 3.63) is 109 Å². The summed E-state index contributed by atoms with van der Waals surface area (Å²) in [5, 5.41) is 10.0. The third kappa shape index (κ3) is 2.32. The molecule has 1 heterocycles. The highest BCUT2D eigenvalue weighted by Gasteiger charge is 2.19. The third-order valence-corrected chi connectivity index (χ3v) is 6.43. The average Bonchev–Trinajstić information content (AvgIpc) is 3.23. The summed E-state index contributed by atoms with van der Waals surface area (Å²) in [6, 6.07) is 38.8. The second-order valence-corrected chi connectivity index (χ2v) is 8.14. The molecule has 0 fully saturated rings. The predicted octanol–water partition coefficient (Wildman–Crippen LogP) is 8.66. The molecule has 0 saturated heterocycles. The molecular weight excluding hydrogens is 376 g/mol. The largest absolute Gasteiger partial charge is 0.455 e. The van der Waals surface area contributed by atoms with Gasteiger partial charge in [0.25, 0.3) is 0 Å². The van der Waals surface area contributed by atoms with Crippen LogP contribution in [0.25, 0.3) is 65.7 Å². The average molecular weight is 394 g/mol. The molecule has 0 bridgehead atoms. The van der Waals surface area contributed by atoms with Crippen molar-refractivity contribution >= 4 is 43.1 Å². The Morgan fingerprint density at radius 1 is 0.387 bits per heavy atom. The molecule has 1 nitrogen and oxygen atoms in total. The molecule has 0 unspecified atom stereocenters. The molecule has 0 spiro atoms. The number of fused-ring (bicyclic) bond motifs is 1. The van der Waals surface area contributed by atoms with Crippen LogP contribution in [0.5, 0.6) is 0 Å². The Balaban J connectivity index is 1.61. The van der Waals surface area contributed by atoms with E-state index in [9.17, 15) is 0 Å². The molecule has 6 aromatic carbocycles. The van der Waals surface area contributed by atoms with E-state index in [0.717, 1.165) is 33.4 Å². The zero-order chi connectivity index (χ0) is 20.4. The molecule has 0 N–H and O–H groups in total. The number of hydrogen-bond donors (Lipinski definition) is 0. The van der Waals surface area contributed by atoms with Crippen LogP contribution in [0.2, 0.25) is 0 Å². The summed E-state index contributed by atoms with van der Waals surface area (Å²) in [4.78, 5) is 0. The van der Waals surface area contributed by atoms with Gasteiger partial charge >= 0.3 is 0 Å². The maximum Gasteiger partial charge on any atom is 0.143 e. The number of hydrogen-bond acceptors (Lipinski definition) is 1. The topological polar surface area (TPSA) is 13.1 Å². The van der Waals surface area contributed by atoms with E-state index in [0.29, 0.717) is 0 Å². The fraction of sp³-hybridized carbons (Fsp3) is 0. The number of benzene rings is 6. The Hall–Kier alpha value is -4.10. The van der Waals surface area contributed by atoms with Crippen LogP contribution in [0.3, 0.4) is 0 Å². The van der Waals surface area contributed by atoms with Crippen LogP contribution in [-0.2, 0) is 0 Å². The van der Waals surface area contributed by atoms with Crippen molar-refractivity contribution in [2.24, 2.45) is 0 Å². The van der Waals surface area contributed by atoms with Gasteiger partial charge in [0.1, 0.15) is 11.5 Å². The smallest absolute Gasteiger partial charge is 0.143 e. The lowest BCUT2D eigenvalue weighted by Gasteiger charge is -2.13. The zero-order valence-electron chi connectivity index (χ0n) is 16.8. The van der Waals surface area contributed by atoms with Crippen LogP contribution in [0, 0.1) is 0 Å². The molecule has 0 atom stereocenters. The molecule has 0 aliphatic carbocycles. The summed E-state index contributed by atoms with van der Waals surface area (Å²) in [6.45, 7) is 0. The van der Waals surface area contributed by atoms with E-state index in [1.54, 1.807) is 0 Å². The molecule has 0 aliphatic heterocycles. The molecule has 31 heavy (non-hydrogen) atoms. The van der Waals surface area contributed by atoms with Crippen LogP contribution < -0.4 is 0 Å². The first-order valence-corrected chi connectivity index (χ1v) is 10.6. The first-order chi connectivity index (χ1) is 15.4. The van der Waals surface area contributed by atoms with Crippen molar-refractivity contribution in [3.63, 3.8) is 0 Å². The van der Waals surface area contributed by atoms with Crippen molar-refractivity contribution in [3.8, 4) is 22.6 Å². The van der Waals surface area contributed by atoms with Crippen molar-refractivity contribution < 1.29 is 4.42 Å². The van der Waals surface area contributed by atoms with Crippen LogP contribution in [0.15, 0.2) is 114 Å². The van der Waals surface area contributed by atoms with Gasteiger partial charge in [-0.3, -0.25) is 0 Å². The first-order valence-electron chi connectivity index (χ1n) is 10.6. The molecule has 1 heteroatoms. The van der Waals surface area contributed by atoms with E-state index >= 15 is 0 Å². The van der Waals surface area contributed by atoms with Gasteiger partial charge < -0.3 is 4.42 Å². The van der Waals surface area contributed by atoms with Gasteiger partial charge in [-0.25, -0.2) is 0 Å². The van der Waals surface area contributed by atoms with Crippen LogP contribution in [0.1, 0.15) is 0 Å². The normalized spacial score (nSPS) is 11.9. The highest BCUT2D eigenvalue weighted by atomic mass is 16.3. The van der Waals surface area contributed by atoms with Crippen LogP contribution in [-0.4, -0.2) is 0 Å². The van der Waals surface area contributed by atoms with Gasteiger partial charge in [-0.2, -0.15) is 0 Å². The molecular formula is C30H18O. The molecule has 144 valence electrons. The highest BCUT2D eigenvalue weighted by molar-refractivity contribution is 6.26. The van der Waals surface area contributed by atoms with E-state index in [4.69, 9.17) is 4.42 Å². The van der Waals surface area contributed by atoms with E-state index in [-0.39, 0.29) is 0 Å². The minimum Gasteiger partial charge on any atom is -0.455 e. The minimum absolute atomic E-state index is 0.928. The lowest BCUT2D eigenvalue weighted by Crippen LogP contribution is -1.86. The van der Waals surface area contributed by atoms with Crippen molar-refractivity contribution in [2.45, 2.75) is 0 Å². The standard InChI is InChI=1S/C30H18O/c1-2-7-22(8-3-1)29-24-11-4-5-12-25(24)30(31-29)26-18-16-21-14-13-19-9-6-10-20-15-17-23(26)28(21)27(19)20/h1-18H. The van der Waals surface area contributed by atoms with Gasteiger partial charge in [0, 0.05) is 21.9 Å². The van der Waals surface area contributed by atoms with Gasteiger partial charge in [-0.15, -0.1) is 0 Å². The SMILES string of the molecule is c1ccc(-c2oc(-c3ccc4ccc5cccc6ccc3c4c56)c3ccccc23)cc1. The highest BCUT2D eigenvalue weighted by Crippen LogP contribution is 2.44. The molecule has 0 saturated carbocycles. The lowest BCUT2D eigenvalue weighted by atomic mass is 9.91. The summed E-state index contributed by atoms with van der Waals surface area (Å²) in [5.74, 6) is 1.87. The van der Waals surface area contributed by atoms with Crippen molar-refractivity contribution in [1.29, 1.82) is 0 Å². The van der Waals surface area contributed by atoms with Crippen LogP contribution in [0.4, 0.5) is 0 Å². The molecule has 1 aromatic heterocycles. The maximum atomic E-state index is 6.63. The minimum atomic E-state index is 0.928. The van der Waals surface area contributed by atoms with Crippen LogP contribution >= 0.6 is 0 Å². The van der Waals surface area contributed by atoms with E-state index < -0.39 is 0 Å². The zero-order valence-corrected chi connectivity index (χ0v) is 16.8. The fourth-order valence-corrected chi connectivity index (χ4v) is 5.03. The second-order valence-electron chi connectivity index (χ2n) is 8.14. The van der Waals surface area contributed by atoms with E-state index in [2.05, 4.69) is 103 Å². The third-order valence-electron chi connectivity index (χ3n) is 6.43. The molecule has 0 radical (unpaired) electrons. The van der Waals surface area contributed by atoms with Gasteiger partial charge in [0.2, 0.25) is 0 Å². The molecule has 7 rings (SSSR count). The quantitative estimate of drug-likeness (QED) is 0.267. The molecule has 0 aliphatic rings. The van der Waals surface area contributed by atoms with E-state index in [1.807, 2.05) is 6.07 Å². The van der Waals surface area contributed by atoms with Crippen molar-refractivity contribution in [1.82, 2.24) is 0 Å². The van der Waals surface area contributed by atoms with Crippen molar-refractivity contribution in [2.75, 3.05) is 0 Å². The Labute approximate surface area is 179 Å².